The van der Waals surface area contributed by atoms with Crippen LogP contribution in [0.2, 0.25) is 0 Å². The Morgan fingerprint density at radius 3 is 2.18 bits per heavy atom. The van der Waals surface area contributed by atoms with Crippen molar-refractivity contribution in [2.45, 2.75) is 0 Å². The number of carbonyl (C=O) groups excluding carboxylic acids is 1. The molecule has 0 aliphatic heterocycles. The molecule has 0 saturated heterocycles. The molecule has 0 aromatic heterocycles. The van der Waals surface area contributed by atoms with Crippen LogP contribution >= 0.6 is 0 Å². The van der Waals surface area contributed by atoms with Crippen LogP contribution in [0, 0.1) is 0 Å². The average Bonchev–Trinajstić information content (AvgIpc) is 2.31. The molecular weight excluding hydrogens is 243 g/mol. The zero-order chi connectivity index (χ0) is 11.4. The zero-order valence-corrected chi connectivity index (χ0v) is 12.5. The molecule has 0 bridgehead atoms. The third-order valence-electron chi connectivity index (χ3n) is 2.08. The molecule has 2 rings (SSSR count). The Bertz CT molecular complexity index is 497. The summed E-state index contributed by atoms with van der Waals surface area (Å²) in [7, 11) is 0. The van der Waals surface area contributed by atoms with Crippen LogP contribution in [0.1, 0.15) is 10.4 Å². The Hall–Kier alpha value is -0.654. The number of aromatic carboxylic acids is 1. The average molecular weight is 252 g/mol. The first-order valence-corrected chi connectivity index (χ1v) is 4.80. The van der Waals surface area contributed by atoms with E-state index >= 15 is 0 Å². The Kier molecular flexibility index (Phi) is 5.87. The van der Waals surface area contributed by atoms with Crippen LogP contribution in [0.4, 0.5) is 0 Å². The largest absolute Gasteiger partial charge is 1.00 e. The topological polar surface area (TPSA) is 49.4 Å². The van der Waals surface area contributed by atoms with Crippen LogP contribution in [0.25, 0.3) is 0 Å². The predicted molar refractivity (Wildman–Crippen MR) is 57.3 cm³/mol. The molecule has 0 aliphatic rings. The molecule has 0 amide bonds. The van der Waals surface area contributed by atoms with Crippen LogP contribution in [-0.4, -0.2) is 5.97 Å². The first-order chi connectivity index (χ1) is 7.77. The molecular formula is C13H9KO3. The summed E-state index contributed by atoms with van der Waals surface area (Å²) in [6.45, 7) is 0. The van der Waals surface area contributed by atoms with Gasteiger partial charge in [0.2, 0.25) is 0 Å². The Morgan fingerprint density at radius 1 is 0.941 bits per heavy atom. The number of hydrogen-bond acceptors (Lipinski definition) is 3. The molecule has 17 heavy (non-hydrogen) atoms. The number of carbonyl (C=O) groups is 1. The van der Waals surface area contributed by atoms with Crippen LogP contribution in [-0.2, 0) is 0 Å². The fraction of sp³-hybridized carbons (Fsp3) is 0. The van der Waals surface area contributed by atoms with Crippen molar-refractivity contribution in [1.82, 2.24) is 0 Å². The second-order valence-electron chi connectivity index (χ2n) is 3.20. The van der Waals surface area contributed by atoms with Gasteiger partial charge in [-0.15, -0.1) is 0 Å². The normalized spacial score (nSPS) is 9.18. The number of hydrogen-bond donors (Lipinski definition) is 0. The standard InChI is InChI=1S/C13H10O3.K/c14-13(15)11-8-4-5-9-12(11)16-10-6-2-1-3-7-10;/h1-9H,(H,14,15);/q;+1/p-1. The monoisotopic (exact) mass is 252 g/mol. The van der Waals surface area contributed by atoms with Crippen molar-refractivity contribution in [3.05, 3.63) is 60.2 Å². The zero-order valence-electron chi connectivity index (χ0n) is 9.42. The first-order valence-electron chi connectivity index (χ1n) is 4.80. The van der Waals surface area contributed by atoms with Crippen molar-refractivity contribution in [2.24, 2.45) is 0 Å². The van der Waals surface area contributed by atoms with Gasteiger partial charge >= 0.3 is 51.4 Å². The van der Waals surface area contributed by atoms with Crippen molar-refractivity contribution in [1.29, 1.82) is 0 Å². The molecule has 2 aromatic rings. The maximum absolute atomic E-state index is 10.8. The van der Waals surface area contributed by atoms with Gasteiger partial charge in [-0.2, -0.15) is 0 Å². The maximum Gasteiger partial charge on any atom is 1.00 e. The van der Waals surface area contributed by atoms with Gasteiger partial charge in [-0.05, 0) is 24.3 Å². The fourth-order valence-corrected chi connectivity index (χ4v) is 1.34. The van der Waals surface area contributed by atoms with E-state index in [4.69, 9.17) is 4.74 Å². The van der Waals surface area contributed by atoms with Gasteiger partial charge in [0.05, 0.1) is 5.97 Å². The van der Waals surface area contributed by atoms with Gasteiger partial charge in [0.15, 0.2) is 0 Å². The molecule has 0 N–H and O–H groups in total. The predicted octanol–water partition coefficient (Wildman–Crippen LogP) is -1.15. The van der Waals surface area contributed by atoms with E-state index in [1.54, 1.807) is 30.3 Å². The summed E-state index contributed by atoms with van der Waals surface area (Å²) in [5, 5.41) is 10.8. The Labute approximate surface area is 142 Å². The molecule has 0 radical (unpaired) electrons. The van der Waals surface area contributed by atoms with E-state index < -0.39 is 5.97 Å². The summed E-state index contributed by atoms with van der Waals surface area (Å²) in [5.74, 6) is -0.364. The number of carboxylic acid groups (broad SMARTS) is 1. The van der Waals surface area contributed by atoms with E-state index in [9.17, 15) is 9.90 Å². The number of para-hydroxylation sites is 2. The number of rotatable bonds is 3. The molecule has 0 aliphatic carbocycles. The van der Waals surface area contributed by atoms with Crippen molar-refractivity contribution in [3.63, 3.8) is 0 Å². The molecule has 3 nitrogen and oxygen atoms in total. The molecule has 2 aromatic carbocycles. The van der Waals surface area contributed by atoms with Gasteiger partial charge in [-0.1, -0.05) is 30.3 Å². The van der Waals surface area contributed by atoms with Crippen molar-refractivity contribution in [3.8, 4) is 11.5 Å². The molecule has 0 fully saturated rings. The number of benzene rings is 2. The summed E-state index contributed by atoms with van der Waals surface area (Å²) >= 11 is 0. The van der Waals surface area contributed by atoms with E-state index in [0.717, 1.165) is 0 Å². The second-order valence-corrected chi connectivity index (χ2v) is 3.20. The first kappa shape index (κ1) is 14.4. The SMILES string of the molecule is O=C([O-])c1ccccc1Oc1ccccc1.[K+]. The molecule has 0 atom stereocenters. The van der Waals surface area contributed by atoms with Crippen molar-refractivity contribution in [2.75, 3.05) is 0 Å². The van der Waals surface area contributed by atoms with E-state index in [0.29, 0.717) is 5.75 Å². The van der Waals surface area contributed by atoms with Gasteiger partial charge in [-0.25, -0.2) is 0 Å². The summed E-state index contributed by atoms with van der Waals surface area (Å²) < 4.78 is 5.45. The van der Waals surface area contributed by atoms with Crippen LogP contribution in [0.15, 0.2) is 54.6 Å². The molecule has 0 spiro atoms. The van der Waals surface area contributed by atoms with Gasteiger partial charge in [-0.3, -0.25) is 0 Å². The van der Waals surface area contributed by atoms with E-state index in [1.165, 1.54) is 6.07 Å². The quantitative estimate of drug-likeness (QED) is 0.648. The fourth-order valence-electron chi connectivity index (χ4n) is 1.34. The van der Waals surface area contributed by atoms with Crippen molar-refractivity contribution >= 4 is 5.97 Å². The minimum absolute atomic E-state index is 0. The Morgan fingerprint density at radius 2 is 1.53 bits per heavy atom. The van der Waals surface area contributed by atoms with E-state index in [2.05, 4.69) is 0 Å². The third-order valence-corrected chi connectivity index (χ3v) is 2.08. The van der Waals surface area contributed by atoms with Gasteiger partial charge < -0.3 is 14.6 Å². The van der Waals surface area contributed by atoms with Crippen LogP contribution in [0.5, 0.6) is 11.5 Å². The van der Waals surface area contributed by atoms with Gasteiger partial charge in [0.25, 0.3) is 0 Å². The minimum atomic E-state index is -1.24. The van der Waals surface area contributed by atoms with Crippen LogP contribution < -0.4 is 61.2 Å². The van der Waals surface area contributed by atoms with Crippen LogP contribution in [0.3, 0.4) is 0 Å². The van der Waals surface area contributed by atoms with E-state index in [1.807, 2.05) is 18.2 Å². The molecule has 0 unspecified atom stereocenters. The molecule has 0 saturated carbocycles. The van der Waals surface area contributed by atoms with E-state index in [-0.39, 0.29) is 62.7 Å². The summed E-state index contributed by atoms with van der Waals surface area (Å²) in [6.07, 6.45) is 0. The number of carboxylic acids is 1. The maximum atomic E-state index is 10.8. The van der Waals surface area contributed by atoms with Crippen molar-refractivity contribution < 1.29 is 66.0 Å². The summed E-state index contributed by atoms with van der Waals surface area (Å²) in [5.41, 5.74) is 0.0475. The Balaban J connectivity index is 0.00000144. The molecule has 0 heterocycles. The second kappa shape index (κ2) is 6.93. The minimum Gasteiger partial charge on any atom is -0.545 e. The summed E-state index contributed by atoms with van der Waals surface area (Å²) in [4.78, 5) is 10.8. The molecule has 80 valence electrons. The third kappa shape index (κ3) is 3.94. The number of ether oxygens (including phenoxy) is 1. The smallest absolute Gasteiger partial charge is 0.545 e. The summed E-state index contributed by atoms with van der Waals surface area (Å²) in [6, 6.07) is 15.4. The molecule has 4 heteroatoms. The van der Waals surface area contributed by atoms with Gasteiger partial charge in [0, 0.05) is 5.56 Å². The van der Waals surface area contributed by atoms with Gasteiger partial charge in [0.1, 0.15) is 11.5 Å².